The maximum Gasteiger partial charge on any atom is 0.417 e. The fourth-order valence-electron chi connectivity index (χ4n) is 4.97. The van der Waals surface area contributed by atoms with Gasteiger partial charge in [-0.25, -0.2) is 4.79 Å². The number of carboxylic acid groups (broad SMARTS) is 1. The molecule has 43 heavy (non-hydrogen) atoms. The number of nitrogens with one attached hydrogen (secondary N) is 2. The van der Waals surface area contributed by atoms with Crippen LogP contribution < -0.4 is 10.6 Å². The van der Waals surface area contributed by atoms with Gasteiger partial charge in [-0.2, -0.15) is 13.2 Å². The lowest BCUT2D eigenvalue weighted by atomic mass is 9.97. The molecule has 0 aliphatic rings. The zero-order chi connectivity index (χ0) is 30.6. The van der Waals surface area contributed by atoms with E-state index in [4.69, 9.17) is 11.6 Å². The predicted octanol–water partition coefficient (Wildman–Crippen LogP) is 8.22. The topological polar surface area (TPSA) is 78.4 Å². The van der Waals surface area contributed by atoms with E-state index < -0.39 is 29.7 Å². The summed E-state index contributed by atoms with van der Waals surface area (Å²) in [5.41, 5.74) is 1.81. The van der Waals surface area contributed by atoms with E-state index in [9.17, 15) is 27.9 Å². The molecule has 0 radical (unpaired) electrons. The summed E-state index contributed by atoms with van der Waals surface area (Å²) in [4.78, 5) is 25.5. The zero-order valence-electron chi connectivity index (χ0n) is 22.7. The van der Waals surface area contributed by atoms with Crippen LogP contribution in [0.1, 0.15) is 27.0 Å². The van der Waals surface area contributed by atoms with Gasteiger partial charge in [-0.3, -0.25) is 4.79 Å². The van der Waals surface area contributed by atoms with Crippen LogP contribution in [-0.4, -0.2) is 23.0 Å². The Morgan fingerprint density at radius 1 is 0.837 bits per heavy atom. The van der Waals surface area contributed by atoms with Gasteiger partial charge in [0.15, 0.2) is 0 Å². The minimum absolute atomic E-state index is 0.0223. The lowest BCUT2D eigenvalue weighted by molar-refractivity contribution is -0.139. The summed E-state index contributed by atoms with van der Waals surface area (Å²) in [6.07, 6.45) is -4.60. The van der Waals surface area contributed by atoms with Gasteiger partial charge in [0.25, 0.3) is 5.91 Å². The average Bonchev–Trinajstić information content (AvgIpc) is 3.00. The molecule has 0 saturated carbocycles. The number of anilines is 1. The van der Waals surface area contributed by atoms with Crippen molar-refractivity contribution in [1.29, 1.82) is 0 Å². The number of halogens is 4. The van der Waals surface area contributed by atoms with E-state index in [2.05, 4.69) is 10.6 Å². The summed E-state index contributed by atoms with van der Waals surface area (Å²) in [5, 5.41) is 18.2. The molecule has 0 heterocycles. The van der Waals surface area contributed by atoms with Crippen molar-refractivity contribution in [3.8, 4) is 11.1 Å². The molecule has 9 heteroatoms. The number of benzene rings is 5. The Labute approximate surface area is 250 Å². The molecule has 5 rings (SSSR count). The summed E-state index contributed by atoms with van der Waals surface area (Å²) in [6, 6.07) is 28.7. The van der Waals surface area contributed by atoms with Gasteiger partial charge in [0.1, 0.15) is 6.04 Å². The minimum atomic E-state index is -4.52. The van der Waals surface area contributed by atoms with E-state index in [1.165, 1.54) is 36.4 Å². The van der Waals surface area contributed by atoms with E-state index in [1.54, 1.807) is 24.3 Å². The summed E-state index contributed by atoms with van der Waals surface area (Å²) >= 11 is 6.20. The van der Waals surface area contributed by atoms with Crippen LogP contribution >= 0.6 is 11.6 Å². The Kier molecular flexibility index (Phi) is 8.68. The van der Waals surface area contributed by atoms with Gasteiger partial charge in [-0.15, -0.1) is 0 Å². The minimum Gasteiger partial charge on any atom is -0.480 e. The second-order valence-electron chi connectivity index (χ2n) is 9.99. The van der Waals surface area contributed by atoms with Crippen LogP contribution in [0.15, 0.2) is 109 Å². The van der Waals surface area contributed by atoms with Crippen molar-refractivity contribution >= 4 is 39.9 Å². The Balaban J connectivity index is 1.32. The Bertz CT molecular complexity index is 1780. The molecule has 0 aliphatic heterocycles. The van der Waals surface area contributed by atoms with Crippen LogP contribution in [0.25, 0.3) is 21.9 Å². The van der Waals surface area contributed by atoms with Crippen molar-refractivity contribution in [2.45, 2.75) is 25.2 Å². The molecule has 5 aromatic rings. The fraction of sp³-hybridized carbons (Fsp3) is 0.118. The first kappa shape index (κ1) is 29.7. The standard InChI is InChI=1S/C34H26ClF3N2O3/c35-25-16-17-30(39-20-24-8-5-7-22-6-1-2-9-26(22)24)28(19-25)32(41)40-31(33(42)43)18-21-12-14-23(15-13-21)27-10-3-4-11-29(27)34(36,37)38/h1-17,19,31,39H,18,20H2,(H,40,41)(H,42,43)/t31-/m0/s1. The smallest absolute Gasteiger partial charge is 0.417 e. The fourth-order valence-corrected chi connectivity index (χ4v) is 5.14. The molecule has 1 amide bonds. The van der Waals surface area contributed by atoms with Gasteiger partial charge < -0.3 is 15.7 Å². The predicted molar refractivity (Wildman–Crippen MR) is 162 cm³/mol. The van der Waals surface area contributed by atoms with Crippen LogP contribution in [0, 0.1) is 0 Å². The first-order valence-corrected chi connectivity index (χ1v) is 13.8. The number of carboxylic acids is 1. The third-order valence-electron chi connectivity index (χ3n) is 7.12. The number of alkyl halides is 3. The third kappa shape index (κ3) is 6.98. The number of amides is 1. The van der Waals surface area contributed by atoms with Crippen LogP contribution in [0.4, 0.5) is 18.9 Å². The Morgan fingerprint density at radius 3 is 2.28 bits per heavy atom. The van der Waals surface area contributed by atoms with Gasteiger partial charge in [-0.1, -0.05) is 96.5 Å². The summed E-state index contributed by atoms with van der Waals surface area (Å²) in [5.74, 6) is -1.89. The molecule has 0 spiro atoms. The molecule has 0 fully saturated rings. The summed E-state index contributed by atoms with van der Waals surface area (Å²) in [6.45, 7) is 0.412. The average molecular weight is 603 g/mol. The van der Waals surface area contributed by atoms with Gasteiger partial charge in [0.2, 0.25) is 0 Å². The van der Waals surface area contributed by atoms with Crippen molar-refractivity contribution in [3.63, 3.8) is 0 Å². The summed E-state index contributed by atoms with van der Waals surface area (Å²) < 4.78 is 40.4. The number of carbonyl (C=O) groups is 2. The number of aliphatic carboxylic acids is 1. The normalized spacial score (nSPS) is 12.1. The van der Waals surface area contributed by atoms with Crippen molar-refractivity contribution in [3.05, 3.63) is 136 Å². The number of hydrogen-bond acceptors (Lipinski definition) is 3. The molecule has 0 saturated heterocycles. The lowest BCUT2D eigenvalue weighted by Gasteiger charge is -2.18. The van der Waals surface area contributed by atoms with Crippen LogP contribution in [-0.2, 0) is 23.9 Å². The number of fused-ring (bicyclic) bond motifs is 1. The molecule has 3 N–H and O–H groups in total. The van der Waals surface area contributed by atoms with Gasteiger partial charge >= 0.3 is 12.1 Å². The van der Waals surface area contributed by atoms with Gasteiger partial charge in [0.05, 0.1) is 11.1 Å². The van der Waals surface area contributed by atoms with E-state index in [-0.39, 0.29) is 17.5 Å². The first-order valence-electron chi connectivity index (χ1n) is 13.4. The number of carbonyl (C=O) groups excluding carboxylic acids is 1. The highest BCUT2D eigenvalue weighted by molar-refractivity contribution is 6.31. The second kappa shape index (κ2) is 12.6. The largest absolute Gasteiger partial charge is 0.480 e. The lowest BCUT2D eigenvalue weighted by Crippen LogP contribution is -2.42. The highest BCUT2D eigenvalue weighted by Crippen LogP contribution is 2.37. The molecular weight excluding hydrogens is 577 g/mol. The molecule has 0 aromatic heterocycles. The molecule has 0 bridgehead atoms. The molecular formula is C34H26ClF3N2O3. The van der Waals surface area contributed by atoms with Crippen LogP contribution in [0.5, 0.6) is 0 Å². The SMILES string of the molecule is O=C(N[C@@H](Cc1ccc(-c2ccccc2C(F)(F)F)cc1)C(=O)O)c1cc(Cl)ccc1NCc1cccc2ccccc12. The van der Waals surface area contributed by atoms with E-state index in [0.29, 0.717) is 28.4 Å². The highest BCUT2D eigenvalue weighted by atomic mass is 35.5. The van der Waals surface area contributed by atoms with Crippen molar-refractivity contribution in [2.75, 3.05) is 5.32 Å². The molecule has 5 aromatic carbocycles. The zero-order valence-corrected chi connectivity index (χ0v) is 23.4. The van der Waals surface area contributed by atoms with Crippen LogP contribution in [0.3, 0.4) is 0 Å². The van der Waals surface area contributed by atoms with E-state index >= 15 is 0 Å². The molecule has 218 valence electrons. The Hall–Kier alpha value is -4.82. The van der Waals surface area contributed by atoms with Crippen molar-refractivity contribution in [2.24, 2.45) is 0 Å². The van der Waals surface area contributed by atoms with E-state index in [0.717, 1.165) is 22.4 Å². The molecule has 0 unspecified atom stereocenters. The maximum absolute atomic E-state index is 13.5. The van der Waals surface area contributed by atoms with Crippen molar-refractivity contribution < 1.29 is 27.9 Å². The Morgan fingerprint density at radius 2 is 1.53 bits per heavy atom. The van der Waals surface area contributed by atoms with Gasteiger partial charge in [-0.05, 0) is 57.3 Å². The molecule has 1 atom stereocenters. The highest BCUT2D eigenvalue weighted by Gasteiger charge is 2.33. The molecule has 0 aliphatic carbocycles. The molecule has 5 nitrogen and oxygen atoms in total. The number of hydrogen-bond donors (Lipinski definition) is 3. The number of rotatable bonds is 9. The van der Waals surface area contributed by atoms with Crippen LogP contribution in [0.2, 0.25) is 5.02 Å². The van der Waals surface area contributed by atoms with Crippen molar-refractivity contribution in [1.82, 2.24) is 5.32 Å². The van der Waals surface area contributed by atoms with E-state index in [1.807, 2.05) is 42.5 Å². The maximum atomic E-state index is 13.5. The van der Waals surface area contributed by atoms with Gasteiger partial charge in [0, 0.05) is 23.7 Å². The third-order valence-corrected chi connectivity index (χ3v) is 7.35. The first-order chi connectivity index (χ1) is 20.6. The second-order valence-corrected chi connectivity index (χ2v) is 10.4. The monoisotopic (exact) mass is 602 g/mol. The summed E-state index contributed by atoms with van der Waals surface area (Å²) in [7, 11) is 0. The quantitative estimate of drug-likeness (QED) is 0.159.